The largest absolute Gasteiger partial charge is 0.339 e. The molecule has 0 radical (unpaired) electrons. The molecule has 20 heavy (non-hydrogen) atoms. The van der Waals surface area contributed by atoms with Gasteiger partial charge in [0.2, 0.25) is 5.91 Å². The Labute approximate surface area is 121 Å². The van der Waals surface area contributed by atoms with Crippen LogP contribution in [0.1, 0.15) is 46.0 Å². The lowest BCUT2D eigenvalue weighted by Crippen LogP contribution is -2.51. The molecule has 0 aromatic heterocycles. The zero-order valence-electron chi connectivity index (χ0n) is 12.5. The number of para-hydroxylation sites is 1. The van der Waals surface area contributed by atoms with E-state index >= 15 is 0 Å². The van der Waals surface area contributed by atoms with Gasteiger partial charge in [0, 0.05) is 11.7 Å². The van der Waals surface area contributed by atoms with E-state index in [0.29, 0.717) is 5.91 Å². The molecule has 2 aliphatic rings. The average Bonchev–Trinajstić information content (AvgIpc) is 2.75. The lowest BCUT2D eigenvalue weighted by molar-refractivity contribution is -0.134. The van der Waals surface area contributed by atoms with Crippen molar-refractivity contribution in [2.24, 2.45) is 0 Å². The number of hydrogen-bond donors (Lipinski definition) is 0. The molecule has 0 bridgehead atoms. The van der Waals surface area contributed by atoms with Crippen molar-refractivity contribution in [3.63, 3.8) is 0 Å². The lowest BCUT2D eigenvalue weighted by Gasteiger charge is -2.39. The third-order valence-corrected chi connectivity index (χ3v) is 4.84. The summed E-state index contributed by atoms with van der Waals surface area (Å²) in [6, 6.07) is 10.7. The highest BCUT2D eigenvalue weighted by molar-refractivity contribution is 5.93. The molecular weight excluding hydrogens is 248 g/mol. The molecule has 1 saturated carbocycles. The summed E-state index contributed by atoms with van der Waals surface area (Å²) in [6.07, 6.45) is 5.61. The molecule has 1 saturated heterocycles. The molecule has 3 nitrogen and oxygen atoms in total. The molecule has 2 fully saturated rings. The second-order valence-electron chi connectivity index (χ2n) is 6.37. The van der Waals surface area contributed by atoms with Gasteiger partial charge >= 0.3 is 0 Å². The maximum atomic E-state index is 13.0. The van der Waals surface area contributed by atoms with E-state index in [1.54, 1.807) is 0 Å². The molecule has 1 aromatic rings. The van der Waals surface area contributed by atoms with Crippen LogP contribution in [0.15, 0.2) is 30.3 Å². The second kappa shape index (κ2) is 5.12. The number of nitrogens with zero attached hydrogens (tertiary/aromatic N) is 2. The van der Waals surface area contributed by atoms with Gasteiger partial charge in [-0.3, -0.25) is 4.79 Å². The van der Waals surface area contributed by atoms with Gasteiger partial charge in [0.05, 0.1) is 6.67 Å². The number of carbonyl (C=O) groups excluding carboxylic acids is 1. The SMILES string of the molecule is CC(C)N1CN(c2ccccc2)C2(CCCCC2)C1=O. The number of benzene rings is 1. The first-order valence-corrected chi connectivity index (χ1v) is 7.79. The van der Waals surface area contributed by atoms with Gasteiger partial charge in [-0.15, -0.1) is 0 Å². The minimum absolute atomic E-state index is 0.273. The van der Waals surface area contributed by atoms with Crippen molar-refractivity contribution < 1.29 is 4.79 Å². The topological polar surface area (TPSA) is 23.6 Å². The minimum Gasteiger partial charge on any atom is -0.339 e. The fourth-order valence-corrected chi connectivity index (χ4v) is 3.69. The van der Waals surface area contributed by atoms with Gasteiger partial charge in [-0.2, -0.15) is 0 Å². The standard InChI is InChI=1S/C17H24N2O/c1-14(2)18-13-19(15-9-5-3-6-10-15)17(16(18)20)11-7-4-8-12-17/h3,5-6,9-10,14H,4,7-8,11-13H2,1-2H3. The van der Waals surface area contributed by atoms with Crippen LogP contribution in [-0.4, -0.2) is 29.1 Å². The van der Waals surface area contributed by atoms with Crippen LogP contribution in [0.3, 0.4) is 0 Å². The predicted molar refractivity (Wildman–Crippen MR) is 81.6 cm³/mol. The summed E-state index contributed by atoms with van der Waals surface area (Å²) in [4.78, 5) is 17.4. The molecule has 3 rings (SSSR count). The maximum absolute atomic E-state index is 13.0. The Balaban J connectivity index is 2.00. The summed E-state index contributed by atoms with van der Waals surface area (Å²) in [5, 5.41) is 0. The highest BCUT2D eigenvalue weighted by atomic mass is 16.2. The third-order valence-electron chi connectivity index (χ3n) is 4.84. The number of anilines is 1. The van der Waals surface area contributed by atoms with Gasteiger partial charge in [-0.25, -0.2) is 0 Å². The molecule has 0 unspecified atom stereocenters. The van der Waals surface area contributed by atoms with Crippen molar-refractivity contribution >= 4 is 11.6 Å². The number of hydrogen-bond acceptors (Lipinski definition) is 2. The summed E-state index contributed by atoms with van der Waals surface area (Å²) in [7, 11) is 0. The minimum atomic E-state index is -0.274. The zero-order valence-corrected chi connectivity index (χ0v) is 12.5. The summed E-state index contributed by atoms with van der Waals surface area (Å²) in [6.45, 7) is 4.96. The van der Waals surface area contributed by atoms with Crippen molar-refractivity contribution in [1.29, 1.82) is 0 Å². The molecule has 3 heteroatoms. The normalized spacial score (nSPS) is 22.1. The van der Waals surface area contributed by atoms with Gasteiger partial charge < -0.3 is 9.80 Å². The first-order valence-electron chi connectivity index (χ1n) is 7.79. The maximum Gasteiger partial charge on any atom is 0.250 e. The van der Waals surface area contributed by atoms with Crippen LogP contribution in [-0.2, 0) is 4.79 Å². The highest BCUT2D eigenvalue weighted by Crippen LogP contribution is 2.42. The molecule has 1 aromatic carbocycles. The fourth-order valence-electron chi connectivity index (χ4n) is 3.69. The van der Waals surface area contributed by atoms with Crippen molar-refractivity contribution in [2.75, 3.05) is 11.6 Å². The molecule has 0 atom stereocenters. The van der Waals surface area contributed by atoms with Crippen molar-refractivity contribution in [2.45, 2.75) is 57.5 Å². The van der Waals surface area contributed by atoms with Gasteiger partial charge in [-0.05, 0) is 38.8 Å². The van der Waals surface area contributed by atoms with E-state index in [4.69, 9.17) is 0 Å². The molecule has 108 valence electrons. The molecule has 1 aliphatic carbocycles. The summed E-state index contributed by atoms with van der Waals surface area (Å²) >= 11 is 0. The Bertz CT molecular complexity index is 477. The van der Waals surface area contributed by atoms with Crippen LogP contribution in [0, 0.1) is 0 Å². The van der Waals surface area contributed by atoms with Crippen LogP contribution in [0.2, 0.25) is 0 Å². The summed E-state index contributed by atoms with van der Waals surface area (Å²) in [5.74, 6) is 0.344. The van der Waals surface area contributed by atoms with Gasteiger partial charge in [0.25, 0.3) is 0 Å². The van der Waals surface area contributed by atoms with E-state index in [0.717, 1.165) is 19.5 Å². The van der Waals surface area contributed by atoms with E-state index < -0.39 is 0 Å². The van der Waals surface area contributed by atoms with Gasteiger partial charge in [-0.1, -0.05) is 37.5 Å². The Morgan fingerprint density at radius 3 is 2.30 bits per heavy atom. The Kier molecular flexibility index (Phi) is 3.45. The van der Waals surface area contributed by atoms with E-state index in [-0.39, 0.29) is 11.6 Å². The van der Waals surface area contributed by atoms with Crippen molar-refractivity contribution in [3.05, 3.63) is 30.3 Å². The smallest absolute Gasteiger partial charge is 0.250 e. The molecule has 1 amide bonds. The number of carbonyl (C=O) groups is 1. The number of rotatable bonds is 2. The van der Waals surface area contributed by atoms with E-state index in [1.807, 2.05) is 11.0 Å². The quantitative estimate of drug-likeness (QED) is 0.823. The summed E-state index contributed by atoms with van der Waals surface area (Å²) < 4.78 is 0. The Morgan fingerprint density at radius 2 is 1.70 bits per heavy atom. The predicted octanol–water partition coefficient (Wildman–Crippen LogP) is 3.40. The monoisotopic (exact) mass is 272 g/mol. The molecular formula is C17H24N2O. The molecule has 1 aliphatic heterocycles. The van der Waals surface area contributed by atoms with E-state index in [1.165, 1.54) is 24.9 Å². The van der Waals surface area contributed by atoms with Crippen LogP contribution in [0.4, 0.5) is 5.69 Å². The molecule has 1 heterocycles. The van der Waals surface area contributed by atoms with Crippen LogP contribution >= 0.6 is 0 Å². The Morgan fingerprint density at radius 1 is 1.05 bits per heavy atom. The lowest BCUT2D eigenvalue weighted by atomic mass is 9.80. The van der Waals surface area contributed by atoms with Gasteiger partial charge in [0.1, 0.15) is 5.54 Å². The summed E-state index contributed by atoms with van der Waals surface area (Å²) in [5.41, 5.74) is 0.912. The van der Waals surface area contributed by atoms with Gasteiger partial charge in [0.15, 0.2) is 0 Å². The van der Waals surface area contributed by atoms with Crippen LogP contribution in [0.25, 0.3) is 0 Å². The van der Waals surface area contributed by atoms with Crippen molar-refractivity contribution in [1.82, 2.24) is 4.90 Å². The van der Waals surface area contributed by atoms with E-state index in [9.17, 15) is 4.79 Å². The first-order chi connectivity index (χ1) is 9.65. The third kappa shape index (κ3) is 2.00. The van der Waals surface area contributed by atoms with E-state index in [2.05, 4.69) is 43.0 Å². The van der Waals surface area contributed by atoms with Crippen LogP contribution in [0.5, 0.6) is 0 Å². The Hall–Kier alpha value is -1.51. The molecule has 0 N–H and O–H groups in total. The van der Waals surface area contributed by atoms with Crippen molar-refractivity contribution in [3.8, 4) is 0 Å². The fraction of sp³-hybridized carbons (Fsp3) is 0.588. The number of amides is 1. The first kappa shape index (κ1) is 13.5. The van der Waals surface area contributed by atoms with Crippen LogP contribution < -0.4 is 4.90 Å². The second-order valence-corrected chi connectivity index (χ2v) is 6.37. The highest BCUT2D eigenvalue weighted by Gasteiger charge is 2.53. The average molecular weight is 272 g/mol. The molecule has 1 spiro atoms. The zero-order chi connectivity index (χ0) is 14.2.